The van der Waals surface area contributed by atoms with E-state index in [1.165, 1.54) is 6.21 Å². The largest absolute Gasteiger partial charge is 0.493 e. The van der Waals surface area contributed by atoms with Crippen molar-refractivity contribution < 1.29 is 19.0 Å². The van der Waals surface area contributed by atoms with Crippen molar-refractivity contribution in [2.45, 2.75) is 6.42 Å². The molecule has 0 heterocycles. The molecule has 2 aromatic rings. The highest BCUT2D eigenvalue weighted by molar-refractivity contribution is 6.32. The van der Waals surface area contributed by atoms with Crippen LogP contribution in [-0.2, 0) is 0 Å². The van der Waals surface area contributed by atoms with Gasteiger partial charge in [-0.15, -0.1) is 0 Å². The maximum absolute atomic E-state index is 10.6. The van der Waals surface area contributed by atoms with Crippen LogP contribution in [0.5, 0.6) is 17.2 Å². The highest BCUT2D eigenvalue weighted by Crippen LogP contribution is 2.28. The fourth-order valence-corrected chi connectivity index (χ4v) is 2.23. The molecular weight excluding hydrogens is 358 g/mol. The lowest BCUT2D eigenvalue weighted by molar-refractivity contribution is 0.240. The molecule has 0 fully saturated rings. The monoisotopic (exact) mass is 377 g/mol. The van der Waals surface area contributed by atoms with E-state index in [4.69, 9.17) is 31.5 Å². The van der Waals surface area contributed by atoms with Crippen molar-refractivity contribution in [3.8, 4) is 17.2 Å². The average molecular weight is 378 g/mol. The predicted molar refractivity (Wildman–Crippen MR) is 100 cm³/mol. The normalized spacial score (nSPS) is 10.5. The summed E-state index contributed by atoms with van der Waals surface area (Å²) in [5.41, 5.74) is 7.79. The van der Waals surface area contributed by atoms with Crippen molar-refractivity contribution in [2.75, 3.05) is 20.3 Å². The Hall–Kier alpha value is -2.93. The van der Waals surface area contributed by atoms with Crippen molar-refractivity contribution in [3.05, 3.63) is 53.1 Å². The van der Waals surface area contributed by atoms with Crippen LogP contribution in [0.1, 0.15) is 12.0 Å². The van der Waals surface area contributed by atoms with Gasteiger partial charge in [0.15, 0.2) is 11.5 Å². The molecule has 2 aromatic carbocycles. The van der Waals surface area contributed by atoms with Crippen LogP contribution in [0.3, 0.4) is 0 Å². The highest BCUT2D eigenvalue weighted by Gasteiger charge is 2.06. The van der Waals surface area contributed by atoms with E-state index < -0.39 is 6.03 Å². The summed E-state index contributed by atoms with van der Waals surface area (Å²) in [5, 5.41) is 4.28. The van der Waals surface area contributed by atoms with Gasteiger partial charge in [-0.1, -0.05) is 23.7 Å². The number of ether oxygens (including phenoxy) is 3. The van der Waals surface area contributed by atoms with Gasteiger partial charge in [0.1, 0.15) is 5.75 Å². The zero-order chi connectivity index (χ0) is 18.8. The Morgan fingerprint density at radius 2 is 1.88 bits per heavy atom. The van der Waals surface area contributed by atoms with Gasteiger partial charge in [-0.2, -0.15) is 5.10 Å². The van der Waals surface area contributed by atoms with Gasteiger partial charge >= 0.3 is 6.03 Å². The molecule has 0 aliphatic heterocycles. The molecule has 0 radical (unpaired) electrons. The number of carbonyl (C=O) groups is 1. The fourth-order valence-electron chi connectivity index (χ4n) is 2.04. The van der Waals surface area contributed by atoms with Gasteiger partial charge < -0.3 is 19.9 Å². The van der Waals surface area contributed by atoms with E-state index in [0.29, 0.717) is 41.9 Å². The Balaban J connectivity index is 1.82. The molecule has 0 spiro atoms. The van der Waals surface area contributed by atoms with E-state index in [-0.39, 0.29) is 0 Å². The molecule has 0 saturated carbocycles. The van der Waals surface area contributed by atoms with Gasteiger partial charge in [-0.3, -0.25) is 0 Å². The molecule has 0 aliphatic rings. The first-order valence-corrected chi connectivity index (χ1v) is 8.24. The van der Waals surface area contributed by atoms with Gasteiger partial charge in [0, 0.05) is 6.42 Å². The number of amides is 2. The van der Waals surface area contributed by atoms with Crippen molar-refractivity contribution in [2.24, 2.45) is 10.8 Å². The molecular formula is C18H20ClN3O4. The molecule has 26 heavy (non-hydrogen) atoms. The number of primary amides is 1. The minimum atomic E-state index is -0.729. The summed E-state index contributed by atoms with van der Waals surface area (Å²) in [5.74, 6) is 1.81. The fraction of sp³-hybridized carbons (Fsp3) is 0.222. The number of hydrazone groups is 1. The number of benzene rings is 2. The van der Waals surface area contributed by atoms with Crippen LogP contribution in [0.25, 0.3) is 0 Å². The Kier molecular flexibility index (Phi) is 7.57. The molecule has 7 nitrogen and oxygen atoms in total. The first-order valence-electron chi connectivity index (χ1n) is 7.87. The molecule has 138 valence electrons. The Morgan fingerprint density at radius 1 is 1.15 bits per heavy atom. The first-order chi connectivity index (χ1) is 12.6. The van der Waals surface area contributed by atoms with Crippen LogP contribution in [0.4, 0.5) is 4.79 Å². The SMILES string of the molecule is COc1cc(C=NNC(N)=O)ccc1OCCCOc1ccccc1Cl. The average Bonchev–Trinajstić information content (AvgIpc) is 2.63. The van der Waals surface area contributed by atoms with Gasteiger partial charge in [0.2, 0.25) is 0 Å². The number of urea groups is 1. The highest BCUT2D eigenvalue weighted by atomic mass is 35.5. The number of carbonyl (C=O) groups excluding carboxylic acids is 1. The van der Waals surface area contributed by atoms with E-state index in [0.717, 1.165) is 5.56 Å². The minimum absolute atomic E-state index is 0.456. The number of nitrogens with two attached hydrogens (primary N) is 1. The molecule has 0 aromatic heterocycles. The van der Waals surface area contributed by atoms with Gasteiger partial charge in [-0.25, -0.2) is 10.2 Å². The number of halogens is 1. The zero-order valence-corrected chi connectivity index (χ0v) is 15.0. The van der Waals surface area contributed by atoms with E-state index in [1.54, 1.807) is 31.4 Å². The van der Waals surface area contributed by atoms with Crippen molar-refractivity contribution in [3.63, 3.8) is 0 Å². The number of nitrogens with one attached hydrogen (secondary N) is 1. The van der Waals surface area contributed by atoms with Crippen molar-refractivity contribution >= 4 is 23.8 Å². The van der Waals surface area contributed by atoms with Crippen molar-refractivity contribution in [1.29, 1.82) is 0 Å². The Labute approximate surface area is 156 Å². The topological polar surface area (TPSA) is 95.2 Å². The molecule has 3 N–H and O–H groups in total. The maximum Gasteiger partial charge on any atom is 0.332 e. The quantitative estimate of drug-likeness (QED) is 0.398. The van der Waals surface area contributed by atoms with E-state index in [2.05, 4.69) is 10.5 Å². The number of methoxy groups -OCH3 is 1. The van der Waals surface area contributed by atoms with Gasteiger partial charge in [-0.05, 0) is 35.9 Å². The molecule has 8 heteroatoms. The second-order valence-corrected chi connectivity index (χ2v) is 5.53. The summed E-state index contributed by atoms with van der Waals surface area (Å²) >= 11 is 6.03. The maximum atomic E-state index is 10.6. The number of rotatable bonds is 9. The van der Waals surface area contributed by atoms with E-state index >= 15 is 0 Å². The summed E-state index contributed by atoms with van der Waals surface area (Å²) in [6, 6.07) is 11.9. The smallest absolute Gasteiger partial charge is 0.332 e. The summed E-state index contributed by atoms with van der Waals surface area (Å²) in [6.07, 6.45) is 2.13. The molecule has 2 rings (SSSR count). The summed E-state index contributed by atoms with van der Waals surface area (Å²) < 4.78 is 16.6. The summed E-state index contributed by atoms with van der Waals surface area (Å²) in [4.78, 5) is 10.6. The summed E-state index contributed by atoms with van der Waals surface area (Å²) in [7, 11) is 1.55. The lowest BCUT2D eigenvalue weighted by Crippen LogP contribution is -2.24. The molecule has 0 unspecified atom stereocenters. The van der Waals surface area contributed by atoms with E-state index in [9.17, 15) is 4.79 Å². The summed E-state index contributed by atoms with van der Waals surface area (Å²) in [6.45, 7) is 0.938. The molecule has 0 atom stereocenters. The Bertz CT molecular complexity index is 768. The Morgan fingerprint density at radius 3 is 2.58 bits per heavy atom. The van der Waals surface area contributed by atoms with E-state index in [1.807, 2.05) is 18.2 Å². The first kappa shape index (κ1) is 19.4. The lowest BCUT2D eigenvalue weighted by atomic mass is 10.2. The number of nitrogens with zero attached hydrogens (tertiary/aromatic N) is 1. The molecule has 0 saturated heterocycles. The number of hydrogen-bond donors (Lipinski definition) is 2. The molecule has 0 aliphatic carbocycles. The van der Waals surface area contributed by atoms with Gasteiger partial charge in [0.05, 0.1) is 31.6 Å². The second-order valence-electron chi connectivity index (χ2n) is 5.13. The van der Waals surface area contributed by atoms with Crippen LogP contribution in [0.15, 0.2) is 47.6 Å². The van der Waals surface area contributed by atoms with Crippen LogP contribution >= 0.6 is 11.6 Å². The van der Waals surface area contributed by atoms with Crippen LogP contribution in [0.2, 0.25) is 5.02 Å². The van der Waals surface area contributed by atoms with Gasteiger partial charge in [0.25, 0.3) is 0 Å². The number of para-hydroxylation sites is 1. The van der Waals surface area contributed by atoms with Crippen LogP contribution in [0, 0.1) is 0 Å². The minimum Gasteiger partial charge on any atom is -0.493 e. The van der Waals surface area contributed by atoms with Crippen LogP contribution in [-0.4, -0.2) is 32.6 Å². The second kappa shape index (κ2) is 10.1. The lowest BCUT2D eigenvalue weighted by Gasteiger charge is -2.12. The number of hydrogen-bond acceptors (Lipinski definition) is 5. The third-order valence-corrected chi connectivity index (χ3v) is 3.53. The third kappa shape index (κ3) is 6.18. The standard InChI is InChI=1S/C18H20ClN3O4/c1-24-17-11-13(12-21-22-18(20)23)7-8-16(17)26-10-4-9-25-15-6-3-2-5-14(15)19/h2-3,5-8,11-12H,4,9-10H2,1H3,(H3,20,22,23). The zero-order valence-electron chi connectivity index (χ0n) is 14.3. The molecule has 2 amide bonds. The third-order valence-electron chi connectivity index (χ3n) is 3.22. The molecule has 0 bridgehead atoms. The van der Waals surface area contributed by atoms with Crippen LogP contribution < -0.4 is 25.4 Å². The van der Waals surface area contributed by atoms with Crippen molar-refractivity contribution in [1.82, 2.24) is 5.43 Å². The predicted octanol–water partition coefficient (Wildman–Crippen LogP) is 3.20.